The zero-order valence-corrected chi connectivity index (χ0v) is 14.0. The molecule has 0 aliphatic rings. The van der Waals surface area contributed by atoms with E-state index in [2.05, 4.69) is 15.6 Å². The van der Waals surface area contributed by atoms with Gasteiger partial charge < -0.3 is 15.4 Å². The molecule has 24 heavy (non-hydrogen) atoms. The second-order valence-electron chi connectivity index (χ2n) is 5.41. The monoisotopic (exact) mass is 327 g/mol. The topological polar surface area (TPSA) is 80.3 Å². The average Bonchev–Trinajstić information content (AvgIpc) is 2.61. The summed E-state index contributed by atoms with van der Waals surface area (Å²) in [6.07, 6.45) is 2.39. The van der Waals surface area contributed by atoms with Gasteiger partial charge in [-0.25, -0.2) is 9.78 Å². The van der Waals surface area contributed by atoms with E-state index < -0.39 is 5.97 Å². The van der Waals surface area contributed by atoms with Crippen LogP contribution in [0.5, 0.6) is 0 Å². The molecule has 1 amide bonds. The third-order valence-corrected chi connectivity index (χ3v) is 3.57. The Morgan fingerprint density at radius 1 is 1.21 bits per heavy atom. The molecule has 1 atom stereocenters. The Balaban J connectivity index is 2.06. The van der Waals surface area contributed by atoms with Gasteiger partial charge in [-0.15, -0.1) is 0 Å². The number of hydrogen-bond donors (Lipinski definition) is 2. The van der Waals surface area contributed by atoms with Crippen LogP contribution in [0.3, 0.4) is 0 Å². The largest absolute Gasteiger partial charge is 0.465 e. The third kappa shape index (κ3) is 4.55. The predicted octanol–water partition coefficient (Wildman–Crippen LogP) is 3.14. The SMILES string of the molecule is CCC(C)NC(=O)c1ccc(Nc2cccc(C(=O)OC)c2)nc1. The standard InChI is InChI=1S/C18H21N3O3/c1-4-12(2)20-17(22)14-8-9-16(19-11-14)21-15-7-5-6-13(10-15)18(23)24-3/h5-12H,4H2,1-3H3,(H,19,21)(H,20,22). The van der Waals surface area contributed by atoms with Crippen LogP contribution in [-0.2, 0) is 4.74 Å². The molecule has 0 spiro atoms. The number of carbonyl (C=O) groups excluding carboxylic acids is 2. The first-order valence-corrected chi connectivity index (χ1v) is 7.75. The van der Waals surface area contributed by atoms with Crippen LogP contribution in [-0.4, -0.2) is 30.0 Å². The van der Waals surface area contributed by atoms with E-state index in [-0.39, 0.29) is 11.9 Å². The molecule has 1 unspecified atom stereocenters. The molecular weight excluding hydrogens is 306 g/mol. The number of benzene rings is 1. The van der Waals surface area contributed by atoms with E-state index in [0.29, 0.717) is 22.6 Å². The molecule has 0 fully saturated rings. The number of nitrogens with zero attached hydrogens (tertiary/aromatic N) is 1. The predicted molar refractivity (Wildman–Crippen MR) is 92.5 cm³/mol. The number of esters is 1. The normalized spacial score (nSPS) is 11.5. The number of carbonyl (C=O) groups is 2. The van der Waals surface area contributed by atoms with Crippen molar-refractivity contribution in [2.24, 2.45) is 0 Å². The maximum absolute atomic E-state index is 12.0. The Bertz CT molecular complexity index is 714. The minimum atomic E-state index is -0.399. The molecule has 0 bridgehead atoms. The number of pyridine rings is 1. The van der Waals surface area contributed by atoms with Crippen LogP contribution >= 0.6 is 0 Å². The van der Waals surface area contributed by atoms with Crippen molar-refractivity contribution in [1.29, 1.82) is 0 Å². The van der Waals surface area contributed by atoms with Crippen molar-refractivity contribution in [1.82, 2.24) is 10.3 Å². The highest BCUT2D eigenvalue weighted by molar-refractivity contribution is 5.94. The molecule has 126 valence electrons. The summed E-state index contributed by atoms with van der Waals surface area (Å²) >= 11 is 0. The number of amides is 1. The van der Waals surface area contributed by atoms with Crippen molar-refractivity contribution in [2.45, 2.75) is 26.3 Å². The number of hydrogen-bond acceptors (Lipinski definition) is 5. The zero-order valence-electron chi connectivity index (χ0n) is 14.0. The number of ether oxygens (including phenoxy) is 1. The van der Waals surface area contributed by atoms with Crippen molar-refractivity contribution < 1.29 is 14.3 Å². The van der Waals surface area contributed by atoms with Gasteiger partial charge >= 0.3 is 5.97 Å². The summed E-state index contributed by atoms with van der Waals surface area (Å²) in [5.74, 6) is 0.0388. The fourth-order valence-electron chi connectivity index (χ4n) is 2.00. The maximum Gasteiger partial charge on any atom is 0.337 e. The maximum atomic E-state index is 12.0. The van der Waals surface area contributed by atoms with E-state index >= 15 is 0 Å². The van der Waals surface area contributed by atoms with E-state index in [4.69, 9.17) is 4.74 Å². The van der Waals surface area contributed by atoms with Gasteiger partial charge in [0.05, 0.1) is 18.2 Å². The number of anilines is 2. The van der Waals surface area contributed by atoms with Crippen LogP contribution in [0.1, 0.15) is 41.0 Å². The van der Waals surface area contributed by atoms with Gasteiger partial charge in [-0.05, 0) is 43.7 Å². The zero-order chi connectivity index (χ0) is 17.5. The lowest BCUT2D eigenvalue weighted by Crippen LogP contribution is -2.31. The van der Waals surface area contributed by atoms with Gasteiger partial charge in [-0.3, -0.25) is 4.79 Å². The number of methoxy groups -OCH3 is 1. The molecule has 2 rings (SSSR count). The van der Waals surface area contributed by atoms with Crippen LogP contribution in [0.25, 0.3) is 0 Å². The minimum absolute atomic E-state index is 0.122. The molecule has 0 aliphatic carbocycles. The molecule has 0 aliphatic heterocycles. The highest BCUT2D eigenvalue weighted by atomic mass is 16.5. The van der Waals surface area contributed by atoms with Crippen molar-refractivity contribution in [3.8, 4) is 0 Å². The average molecular weight is 327 g/mol. The molecule has 0 saturated carbocycles. The van der Waals surface area contributed by atoms with Crippen LogP contribution in [0.15, 0.2) is 42.6 Å². The number of aromatic nitrogens is 1. The molecular formula is C18H21N3O3. The first-order chi connectivity index (χ1) is 11.5. The van der Waals surface area contributed by atoms with Crippen molar-refractivity contribution in [3.63, 3.8) is 0 Å². The van der Waals surface area contributed by atoms with Crippen molar-refractivity contribution in [3.05, 3.63) is 53.7 Å². The van der Waals surface area contributed by atoms with Crippen LogP contribution in [0, 0.1) is 0 Å². The Hall–Kier alpha value is -2.89. The lowest BCUT2D eigenvalue weighted by atomic mass is 10.2. The fraction of sp³-hybridized carbons (Fsp3) is 0.278. The molecule has 6 heteroatoms. The van der Waals surface area contributed by atoms with Crippen LogP contribution in [0.4, 0.5) is 11.5 Å². The summed E-state index contributed by atoms with van der Waals surface area (Å²) < 4.78 is 4.70. The minimum Gasteiger partial charge on any atom is -0.465 e. The fourth-order valence-corrected chi connectivity index (χ4v) is 2.00. The lowest BCUT2D eigenvalue weighted by molar-refractivity contribution is 0.0600. The van der Waals surface area contributed by atoms with Gasteiger partial charge in [0.25, 0.3) is 5.91 Å². The summed E-state index contributed by atoms with van der Waals surface area (Å²) in [5, 5.41) is 5.98. The molecule has 1 aromatic heterocycles. The van der Waals surface area contributed by atoms with Crippen molar-refractivity contribution >= 4 is 23.4 Å². The first-order valence-electron chi connectivity index (χ1n) is 7.75. The lowest BCUT2D eigenvalue weighted by Gasteiger charge is -2.11. The summed E-state index contributed by atoms with van der Waals surface area (Å²) in [6, 6.07) is 10.5. The van der Waals surface area contributed by atoms with E-state index in [9.17, 15) is 9.59 Å². The van der Waals surface area contributed by atoms with Gasteiger partial charge in [-0.2, -0.15) is 0 Å². The Morgan fingerprint density at radius 2 is 2.00 bits per heavy atom. The second kappa shape index (κ2) is 8.10. The summed E-state index contributed by atoms with van der Waals surface area (Å²) in [5.41, 5.74) is 1.67. The van der Waals surface area contributed by atoms with Gasteiger partial charge in [0.15, 0.2) is 0 Å². The molecule has 2 aromatic rings. The van der Waals surface area contributed by atoms with E-state index in [1.54, 1.807) is 30.3 Å². The summed E-state index contributed by atoms with van der Waals surface area (Å²) in [6.45, 7) is 3.97. The molecule has 0 saturated heterocycles. The van der Waals surface area contributed by atoms with Gasteiger partial charge in [0.2, 0.25) is 0 Å². The molecule has 6 nitrogen and oxygen atoms in total. The van der Waals surface area contributed by atoms with Crippen LogP contribution in [0.2, 0.25) is 0 Å². The second-order valence-corrected chi connectivity index (χ2v) is 5.41. The van der Waals surface area contributed by atoms with Gasteiger partial charge in [-0.1, -0.05) is 13.0 Å². The van der Waals surface area contributed by atoms with Crippen molar-refractivity contribution in [2.75, 3.05) is 12.4 Å². The quantitative estimate of drug-likeness (QED) is 0.797. The third-order valence-electron chi connectivity index (χ3n) is 3.57. The summed E-state index contributed by atoms with van der Waals surface area (Å²) in [4.78, 5) is 27.8. The van der Waals surface area contributed by atoms with E-state index in [0.717, 1.165) is 6.42 Å². The first kappa shape index (κ1) is 17.5. The Kier molecular flexibility index (Phi) is 5.89. The summed E-state index contributed by atoms with van der Waals surface area (Å²) in [7, 11) is 1.34. The highest BCUT2D eigenvalue weighted by Gasteiger charge is 2.09. The smallest absolute Gasteiger partial charge is 0.337 e. The molecule has 1 heterocycles. The number of rotatable bonds is 6. The Labute approximate surface area is 141 Å². The number of nitrogens with one attached hydrogen (secondary N) is 2. The van der Waals surface area contributed by atoms with Crippen LogP contribution < -0.4 is 10.6 Å². The van der Waals surface area contributed by atoms with Gasteiger partial charge in [0.1, 0.15) is 5.82 Å². The van der Waals surface area contributed by atoms with Gasteiger partial charge in [0, 0.05) is 17.9 Å². The highest BCUT2D eigenvalue weighted by Crippen LogP contribution is 2.17. The molecule has 0 radical (unpaired) electrons. The molecule has 2 N–H and O–H groups in total. The van der Waals surface area contributed by atoms with E-state index in [1.807, 2.05) is 19.9 Å². The van der Waals surface area contributed by atoms with E-state index in [1.165, 1.54) is 13.3 Å². The molecule has 1 aromatic carbocycles. The Morgan fingerprint density at radius 3 is 2.62 bits per heavy atom.